The molecule has 0 fully saturated rings. The van der Waals surface area contributed by atoms with Crippen molar-refractivity contribution in [1.82, 2.24) is 5.32 Å². The average Bonchev–Trinajstić information content (AvgIpc) is 2.50. The van der Waals surface area contributed by atoms with E-state index in [1.54, 1.807) is 0 Å². The zero-order valence-electron chi connectivity index (χ0n) is 12.5. The van der Waals surface area contributed by atoms with E-state index >= 15 is 0 Å². The lowest BCUT2D eigenvalue weighted by Crippen LogP contribution is -2.42. The number of sulfone groups is 1. The minimum atomic E-state index is -3.25. The summed E-state index contributed by atoms with van der Waals surface area (Å²) in [5.41, 5.74) is 0.984. The molecular weight excluding hydrogens is 306 g/mol. The third-order valence-corrected chi connectivity index (χ3v) is 5.01. The smallest absolute Gasteiger partial charge is 0.326 e. The fourth-order valence-corrected chi connectivity index (χ4v) is 2.75. The van der Waals surface area contributed by atoms with Gasteiger partial charge in [0.2, 0.25) is 5.91 Å². The molecular formula is C15H21NO5S. The van der Waals surface area contributed by atoms with Gasteiger partial charge in [-0.05, 0) is 18.4 Å². The molecule has 0 spiro atoms. The van der Waals surface area contributed by atoms with Crippen molar-refractivity contribution in [2.24, 2.45) is 0 Å². The molecule has 1 aromatic carbocycles. The Morgan fingerprint density at radius 2 is 1.86 bits per heavy atom. The minimum absolute atomic E-state index is 0.0404. The van der Waals surface area contributed by atoms with Crippen molar-refractivity contribution in [2.75, 3.05) is 11.5 Å². The van der Waals surface area contributed by atoms with E-state index < -0.39 is 27.8 Å². The van der Waals surface area contributed by atoms with Gasteiger partial charge in [0.25, 0.3) is 0 Å². The highest BCUT2D eigenvalue weighted by Crippen LogP contribution is 2.04. The van der Waals surface area contributed by atoms with Gasteiger partial charge in [-0.3, -0.25) is 4.79 Å². The van der Waals surface area contributed by atoms with Gasteiger partial charge >= 0.3 is 5.97 Å². The van der Waals surface area contributed by atoms with Crippen molar-refractivity contribution in [3.8, 4) is 0 Å². The van der Waals surface area contributed by atoms with E-state index in [1.165, 1.54) is 6.92 Å². The second kappa shape index (κ2) is 8.53. The van der Waals surface area contributed by atoms with Crippen LogP contribution in [0.3, 0.4) is 0 Å². The summed E-state index contributed by atoms with van der Waals surface area (Å²) < 4.78 is 22.8. The maximum absolute atomic E-state index is 11.8. The summed E-state index contributed by atoms with van der Waals surface area (Å²) in [6.45, 7) is 1.50. The zero-order chi connectivity index (χ0) is 16.6. The van der Waals surface area contributed by atoms with Crippen LogP contribution in [0.25, 0.3) is 0 Å². The molecule has 0 radical (unpaired) electrons. The second-order valence-electron chi connectivity index (χ2n) is 4.97. The number of rotatable bonds is 9. The lowest BCUT2D eigenvalue weighted by atomic mass is 10.1. The third-order valence-electron chi connectivity index (χ3n) is 3.27. The van der Waals surface area contributed by atoms with Crippen molar-refractivity contribution < 1.29 is 23.1 Å². The molecule has 0 saturated heterocycles. The van der Waals surface area contributed by atoms with Crippen LogP contribution < -0.4 is 5.32 Å². The number of amides is 1. The lowest BCUT2D eigenvalue weighted by molar-refractivity contribution is -0.141. The topological polar surface area (TPSA) is 101 Å². The molecule has 0 bridgehead atoms. The number of aliphatic carboxylic acids is 1. The Bertz CT molecular complexity index is 598. The normalized spacial score (nSPS) is 12.6. The number of carbonyl (C=O) groups excluding carboxylic acids is 1. The van der Waals surface area contributed by atoms with E-state index in [1.807, 2.05) is 30.3 Å². The Balaban J connectivity index is 2.49. The average molecular weight is 327 g/mol. The van der Waals surface area contributed by atoms with Gasteiger partial charge in [0.1, 0.15) is 15.9 Å². The van der Waals surface area contributed by atoms with E-state index in [9.17, 15) is 18.0 Å². The molecule has 1 amide bonds. The fourth-order valence-electron chi connectivity index (χ4n) is 1.87. The molecule has 122 valence electrons. The van der Waals surface area contributed by atoms with Crippen LogP contribution >= 0.6 is 0 Å². The van der Waals surface area contributed by atoms with Gasteiger partial charge < -0.3 is 10.4 Å². The molecule has 0 aliphatic heterocycles. The second-order valence-corrected chi connectivity index (χ2v) is 7.44. The van der Waals surface area contributed by atoms with Crippen LogP contribution in [0.2, 0.25) is 0 Å². The molecule has 0 aromatic heterocycles. The number of benzene rings is 1. The summed E-state index contributed by atoms with van der Waals surface area (Å²) >= 11 is 0. The number of carboxylic acid groups (broad SMARTS) is 1. The number of hydrogen-bond donors (Lipinski definition) is 2. The molecule has 0 saturated carbocycles. The Morgan fingerprint density at radius 3 is 2.41 bits per heavy atom. The number of carboxylic acids is 1. The first-order valence-corrected chi connectivity index (χ1v) is 8.92. The first-order valence-electron chi connectivity index (χ1n) is 7.10. The van der Waals surface area contributed by atoms with Crippen LogP contribution in [-0.4, -0.2) is 42.9 Å². The highest BCUT2D eigenvalue weighted by Gasteiger charge is 2.22. The third kappa shape index (κ3) is 6.71. The molecule has 22 heavy (non-hydrogen) atoms. The number of carbonyl (C=O) groups is 2. The Kier molecular flexibility index (Phi) is 7.04. The molecule has 0 heterocycles. The first-order chi connectivity index (χ1) is 10.3. The van der Waals surface area contributed by atoms with Gasteiger partial charge in [-0.25, -0.2) is 13.2 Å². The standard InChI is InChI=1S/C15H21NO5S/c1-2-22(20,21)11-10-13(15(18)19)16-14(17)9-8-12-6-4-3-5-7-12/h3-7,13H,2,8-11H2,1H3,(H,16,17)(H,18,19). The van der Waals surface area contributed by atoms with Crippen LogP contribution in [-0.2, 0) is 25.8 Å². The SMILES string of the molecule is CCS(=O)(=O)CCC(NC(=O)CCc1ccccc1)C(=O)O. The Morgan fingerprint density at radius 1 is 1.23 bits per heavy atom. The first kappa shape index (κ1) is 18.2. The van der Waals surface area contributed by atoms with E-state index in [4.69, 9.17) is 5.11 Å². The van der Waals surface area contributed by atoms with Crippen LogP contribution in [0.1, 0.15) is 25.3 Å². The minimum Gasteiger partial charge on any atom is -0.480 e. The van der Waals surface area contributed by atoms with Crippen molar-refractivity contribution in [3.63, 3.8) is 0 Å². The summed E-state index contributed by atoms with van der Waals surface area (Å²) in [6.07, 6.45) is 0.545. The van der Waals surface area contributed by atoms with Gasteiger partial charge in [-0.2, -0.15) is 0 Å². The van der Waals surface area contributed by atoms with E-state index in [-0.39, 0.29) is 24.3 Å². The van der Waals surface area contributed by atoms with Crippen molar-refractivity contribution in [1.29, 1.82) is 0 Å². The molecule has 6 nitrogen and oxygen atoms in total. The Hall–Kier alpha value is -1.89. The van der Waals surface area contributed by atoms with Crippen LogP contribution in [0.5, 0.6) is 0 Å². The van der Waals surface area contributed by atoms with Crippen LogP contribution in [0.15, 0.2) is 30.3 Å². The lowest BCUT2D eigenvalue weighted by Gasteiger charge is -2.14. The quantitative estimate of drug-likeness (QED) is 0.705. The number of hydrogen-bond acceptors (Lipinski definition) is 4. The molecule has 1 aromatic rings. The van der Waals surface area contributed by atoms with Crippen LogP contribution in [0.4, 0.5) is 0 Å². The van der Waals surface area contributed by atoms with Crippen molar-refractivity contribution >= 4 is 21.7 Å². The Labute approximate surface area is 130 Å². The zero-order valence-corrected chi connectivity index (χ0v) is 13.3. The highest BCUT2D eigenvalue weighted by atomic mass is 32.2. The molecule has 0 aliphatic carbocycles. The molecule has 7 heteroatoms. The summed E-state index contributed by atoms with van der Waals surface area (Å²) in [5.74, 6) is -1.91. The fraction of sp³-hybridized carbons (Fsp3) is 0.467. The van der Waals surface area contributed by atoms with E-state index in [0.29, 0.717) is 6.42 Å². The molecule has 0 aliphatic rings. The summed E-state index contributed by atoms with van der Waals surface area (Å²) in [4.78, 5) is 22.9. The van der Waals surface area contributed by atoms with Gasteiger partial charge in [-0.15, -0.1) is 0 Å². The van der Waals surface area contributed by atoms with Gasteiger partial charge in [-0.1, -0.05) is 37.3 Å². The summed E-state index contributed by atoms with van der Waals surface area (Å²) in [5, 5.41) is 11.4. The van der Waals surface area contributed by atoms with E-state index in [0.717, 1.165) is 5.56 Å². The maximum atomic E-state index is 11.8. The summed E-state index contributed by atoms with van der Waals surface area (Å²) in [7, 11) is -3.25. The van der Waals surface area contributed by atoms with E-state index in [2.05, 4.69) is 5.32 Å². The van der Waals surface area contributed by atoms with Gasteiger partial charge in [0, 0.05) is 12.2 Å². The predicted octanol–water partition coefficient (Wildman–Crippen LogP) is 1.01. The predicted molar refractivity (Wildman–Crippen MR) is 83.3 cm³/mol. The monoisotopic (exact) mass is 327 g/mol. The largest absolute Gasteiger partial charge is 0.480 e. The van der Waals surface area contributed by atoms with Crippen LogP contribution in [0, 0.1) is 0 Å². The van der Waals surface area contributed by atoms with Crippen molar-refractivity contribution in [2.45, 2.75) is 32.2 Å². The molecule has 1 rings (SSSR count). The van der Waals surface area contributed by atoms with Crippen molar-refractivity contribution in [3.05, 3.63) is 35.9 Å². The molecule has 2 N–H and O–H groups in total. The molecule has 1 unspecified atom stereocenters. The maximum Gasteiger partial charge on any atom is 0.326 e. The molecule has 1 atom stereocenters. The van der Waals surface area contributed by atoms with Gasteiger partial charge in [0.15, 0.2) is 0 Å². The number of aryl methyl sites for hydroxylation is 1. The van der Waals surface area contributed by atoms with Gasteiger partial charge in [0.05, 0.1) is 5.75 Å². The number of nitrogens with one attached hydrogen (secondary N) is 1. The summed E-state index contributed by atoms with van der Waals surface area (Å²) in [6, 6.07) is 8.19. The highest BCUT2D eigenvalue weighted by molar-refractivity contribution is 7.91.